The molecule has 0 saturated heterocycles. The highest BCUT2D eigenvalue weighted by atomic mass is 16.5. The monoisotopic (exact) mass is 194 g/mol. The van der Waals surface area contributed by atoms with E-state index in [1.807, 2.05) is 26.0 Å². The third kappa shape index (κ3) is 2.12. The summed E-state index contributed by atoms with van der Waals surface area (Å²) in [6, 6.07) is 5.59. The molecule has 0 amide bonds. The number of aliphatic hydroxyl groups excluding tert-OH is 1. The van der Waals surface area contributed by atoms with Crippen LogP contribution in [0.25, 0.3) is 0 Å². The Hall–Kier alpha value is -1.35. The quantitative estimate of drug-likeness (QED) is 0.726. The van der Waals surface area contributed by atoms with E-state index in [0.29, 0.717) is 5.56 Å². The zero-order valence-electron chi connectivity index (χ0n) is 8.57. The number of aryl methyl sites for hydroxylation is 2. The number of methoxy groups -OCH3 is 1. The first kappa shape index (κ1) is 10.7. The predicted octanol–water partition coefficient (Wildman–Crippen LogP) is 1.51. The van der Waals surface area contributed by atoms with Crippen LogP contribution in [0, 0.1) is 13.8 Å². The smallest absolute Gasteiger partial charge is 0.339 e. The van der Waals surface area contributed by atoms with Crippen LogP contribution in [-0.4, -0.2) is 18.2 Å². The molecular formula is C11H14O3. The van der Waals surface area contributed by atoms with Gasteiger partial charge in [0.2, 0.25) is 0 Å². The van der Waals surface area contributed by atoms with Crippen LogP contribution in [0.4, 0.5) is 0 Å². The Morgan fingerprint density at radius 2 is 2.07 bits per heavy atom. The minimum Gasteiger partial charge on any atom is -0.467 e. The highest BCUT2D eigenvalue weighted by molar-refractivity contribution is 5.76. The molecule has 0 aromatic heterocycles. The van der Waals surface area contributed by atoms with Gasteiger partial charge in [-0.3, -0.25) is 0 Å². The molecular weight excluding hydrogens is 180 g/mol. The van der Waals surface area contributed by atoms with E-state index in [1.165, 1.54) is 7.11 Å². The molecule has 76 valence electrons. The summed E-state index contributed by atoms with van der Waals surface area (Å²) in [5, 5.41) is 9.62. The van der Waals surface area contributed by atoms with Crippen molar-refractivity contribution in [2.24, 2.45) is 0 Å². The van der Waals surface area contributed by atoms with Crippen molar-refractivity contribution in [1.82, 2.24) is 0 Å². The van der Waals surface area contributed by atoms with E-state index in [9.17, 15) is 9.90 Å². The van der Waals surface area contributed by atoms with Gasteiger partial charge in [0.15, 0.2) is 6.10 Å². The SMILES string of the molecule is COC(=O)C(O)c1cc(C)ccc1C. The fourth-order valence-electron chi connectivity index (χ4n) is 1.29. The number of ether oxygens (including phenoxy) is 1. The molecule has 1 unspecified atom stereocenters. The van der Waals surface area contributed by atoms with Crippen molar-refractivity contribution >= 4 is 5.97 Å². The van der Waals surface area contributed by atoms with Crippen molar-refractivity contribution in [3.63, 3.8) is 0 Å². The van der Waals surface area contributed by atoms with Crippen molar-refractivity contribution < 1.29 is 14.6 Å². The standard InChI is InChI=1S/C11H14O3/c1-7-4-5-8(2)9(6-7)10(12)11(13)14-3/h4-6,10,12H,1-3H3. The summed E-state index contributed by atoms with van der Waals surface area (Å²) in [5.41, 5.74) is 2.50. The van der Waals surface area contributed by atoms with Gasteiger partial charge in [-0.15, -0.1) is 0 Å². The van der Waals surface area contributed by atoms with Crippen LogP contribution in [0.15, 0.2) is 18.2 Å². The van der Waals surface area contributed by atoms with Gasteiger partial charge in [-0.2, -0.15) is 0 Å². The van der Waals surface area contributed by atoms with E-state index in [-0.39, 0.29) is 0 Å². The van der Waals surface area contributed by atoms with Gasteiger partial charge in [-0.1, -0.05) is 23.8 Å². The lowest BCUT2D eigenvalue weighted by molar-refractivity contribution is -0.150. The molecule has 3 heteroatoms. The first-order valence-corrected chi connectivity index (χ1v) is 4.39. The van der Waals surface area contributed by atoms with E-state index in [2.05, 4.69) is 4.74 Å². The van der Waals surface area contributed by atoms with Crippen LogP contribution in [0.5, 0.6) is 0 Å². The number of hydrogen-bond donors (Lipinski definition) is 1. The summed E-state index contributed by atoms with van der Waals surface area (Å²) in [6.07, 6.45) is -1.18. The van der Waals surface area contributed by atoms with E-state index in [1.54, 1.807) is 6.07 Å². The number of carbonyl (C=O) groups is 1. The van der Waals surface area contributed by atoms with Gasteiger partial charge in [-0.25, -0.2) is 4.79 Å². The van der Waals surface area contributed by atoms with Gasteiger partial charge < -0.3 is 9.84 Å². The second-order valence-corrected chi connectivity index (χ2v) is 3.29. The Morgan fingerprint density at radius 3 is 2.64 bits per heavy atom. The first-order valence-electron chi connectivity index (χ1n) is 4.39. The van der Waals surface area contributed by atoms with Crippen LogP contribution >= 0.6 is 0 Å². The molecule has 1 N–H and O–H groups in total. The molecule has 0 aliphatic heterocycles. The fourth-order valence-corrected chi connectivity index (χ4v) is 1.29. The maximum Gasteiger partial charge on any atom is 0.339 e. The van der Waals surface area contributed by atoms with Crippen LogP contribution in [0.3, 0.4) is 0 Å². The highest BCUT2D eigenvalue weighted by Gasteiger charge is 2.19. The lowest BCUT2D eigenvalue weighted by Crippen LogP contribution is -2.14. The number of rotatable bonds is 2. The molecule has 0 radical (unpaired) electrons. The minimum atomic E-state index is -1.18. The molecule has 0 heterocycles. The van der Waals surface area contributed by atoms with Gasteiger partial charge in [-0.05, 0) is 25.0 Å². The first-order chi connectivity index (χ1) is 6.56. The molecule has 14 heavy (non-hydrogen) atoms. The van der Waals surface area contributed by atoms with Crippen molar-refractivity contribution in [2.45, 2.75) is 20.0 Å². The molecule has 0 fully saturated rings. The number of carbonyl (C=O) groups excluding carboxylic acids is 1. The Morgan fingerprint density at radius 1 is 1.43 bits per heavy atom. The average Bonchev–Trinajstić information content (AvgIpc) is 2.19. The number of aliphatic hydroxyl groups is 1. The third-order valence-electron chi connectivity index (χ3n) is 2.15. The zero-order valence-corrected chi connectivity index (χ0v) is 8.57. The normalized spacial score (nSPS) is 12.3. The summed E-state index contributed by atoms with van der Waals surface area (Å²) < 4.78 is 4.47. The molecule has 0 aliphatic carbocycles. The zero-order chi connectivity index (χ0) is 10.7. The molecule has 0 bridgehead atoms. The van der Waals surface area contributed by atoms with Crippen LogP contribution in [0.2, 0.25) is 0 Å². The Bertz CT molecular complexity index is 344. The van der Waals surface area contributed by atoms with Gasteiger partial charge in [0, 0.05) is 0 Å². The molecule has 3 nitrogen and oxygen atoms in total. The summed E-state index contributed by atoms with van der Waals surface area (Å²) in [4.78, 5) is 11.1. The predicted molar refractivity (Wildman–Crippen MR) is 52.9 cm³/mol. The topological polar surface area (TPSA) is 46.5 Å². The summed E-state index contributed by atoms with van der Waals surface area (Å²) in [6.45, 7) is 3.76. The number of hydrogen-bond acceptors (Lipinski definition) is 3. The molecule has 1 aromatic carbocycles. The lowest BCUT2D eigenvalue weighted by Gasteiger charge is -2.12. The summed E-state index contributed by atoms with van der Waals surface area (Å²) in [7, 11) is 1.26. The van der Waals surface area contributed by atoms with Crippen LogP contribution < -0.4 is 0 Å². The Kier molecular flexibility index (Phi) is 3.25. The van der Waals surface area contributed by atoms with Crippen molar-refractivity contribution in [3.8, 4) is 0 Å². The van der Waals surface area contributed by atoms with E-state index in [4.69, 9.17) is 0 Å². The Balaban J connectivity index is 3.05. The molecule has 1 aromatic rings. The minimum absolute atomic E-state index is 0.608. The second-order valence-electron chi connectivity index (χ2n) is 3.29. The van der Waals surface area contributed by atoms with Crippen molar-refractivity contribution in [3.05, 3.63) is 34.9 Å². The highest BCUT2D eigenvalue weighted by Crippen LogP contribution is 2.19. The van der Waals surface area contributed by atoms with E-state index >= 15 is 0 Å². The summed E-state index contributed by atoms with van der Waals surface area (Å²) >= 11 is 0. The van der Waals surface area contributed by atoms with Gasteiger partial charge in [0.1, 0.15) is 0 Å². The summed E-state index contributed by atoms with van der Waals surface area (Å²) in [5.74, 6) is -0.626. The maximum absolute atomic E-state index is 11.1. The van der Waals surface area contributed by atoms with Crippen LogP contribution in [0.1, 0.15) is 22.8 Å². The Labute approximate surface area is 83.3 Å². The van der Waals surface area contributed by atoms with Gasteiger partial charge >= 0.3 is 5.97 Å². The third-order valence-corrected chi connectivity index (χ3v) is 2.15. The lowest BCUT2D eigenvalue weighted by atomic mass is 10.0. The largest absolute Gasteiger partial charge is 0.467 e. The molecule has 0 aliphatic rings. The van der Waals surface area contributed by atoms with Gasteiger partial charge in [0.05, 0.1) is 7.11 Å². The van der Waals surface area contributed by atoms with E-state index < -0.39 is 12.1 Å². The molecule has 1 rings (SSSR count). The number of esters is 1. The average molecular weight is 194 g/mol. The van der Waals surface area contributed by atoms with Gasteiger partial charge in [0.25, 0.3) is 0 Å². The molecule has 0 spiro atoms. The van der Waals surface area contributed by atoms with Crippen molar-refractivity contribution in [2.75, 3.05) is 7.11 Å². The van der Waals surface area contributed by atoms with E-state index in [0.717, 1.165) is 11.1 Å². The fraction of sp³-hybridized carbons (Fsp3) is 0.364. The molecule has 0 saturated carbocycles. The molecule has 1 atom stereocenters. The van der Waals surface area contributed by atoms with Crippen LogP contribution in [-0.2, 0) is 9.53 Å². The number of benzene rings is 1. The van der Waals surface area contributed by atoms with Crippen molar-refractivity contribution in [1.29, 1.82) is 0 Å². The maximum atomic E-state index is 11.1. The second kappa shape index (κ2) is 4.24.